The summed E-state index contributed by atoms with van der Waals surface area (Å²) in [5, 5.41) is 1.94. The standard InChI is InChI=1S/C18H15ClF3NO4/c1-10-3-4-11(7-15(10)26-2)17(25)27-9-16(24)23-14-6-5-12(19)8-13(14)18(20,21)22/h3-8H,9H2,1-2H3,(H,23,24). The van der Waals surface area contributed by atoms with Crippen molar-refractivity contribution in [1.82, 2.24) is 0 Å². The van der Waals surface area contributed by atoms with Crippen molar-refractivity contribution in [2.24, 2.45) is 0 Å². The van der Waals surface area contributed by atoms with Crippen LogP contribution in [0.1, 0.15) is 21.5 Å². The van der Waals surface area contributed by atoms with Crippen LogP contribution in [-0.4, -0.2) is 25.6 Å². The van der Waals surface area contributed by atoms with Crippen LogP contribution in [0.2, 0.25) is 5.02 Å². The fraction of sp³-hybridized carbons (Fsp3) is 0.222. The summed E-state index contributed by atoms with van der Waals surface area (Å²) >= 11 is 5.57. The molecule has 0 saturated carbocycles. The second-order valence-electron chi connectivity index (χ2n) is 5.50. The average molecular weight is 402 g/mol. The van der Waals surface area contributed by atoms with Crippen molar-refractivity contribution in [2.45, 2.75) is 13.1 Å². The summed E-state index contributed by atoms with van der Waals surface area (Å²) in [5.74, 6) is -1.27. The average Bonchev–Trinajstić information content (AvgIpc) is 2.60. The highest BCUT2D eigenvalue weighted by atomic mass is 35.5. The van der Waals surface area contributed by atoms with E-state index in [4.69, 9.17) is 21.1 Å². The van der Waals surface area contributed by atoms with Crippen LogP contribution >= 0.6 is 11.6 Å². The molecule has 0 aliphatic carbocycles. The van der Waals surface area contributed by atoms with Crippen molar-refractivity contribution >= 4 is 29.2 Å². The second-order valence-corrected chi connectivity index (χ2v) is 5.93. The van der Waals surface area contributed by atoms with Gasteiger partial charge in [0, 0.05) is 5.02 Å². The Kier molecular flexibility index (Phi) is 6.32. The highest BCUT2D eigenvalue weighted by Gasteiger charge is 2.34. The van der Waals surface area contributed by atoms with Crippen molar-refractivity contribution in [3.63, 3.8) is 0 Å². The molecule has 0 unspecified atom stereocenters. The fourth-order valence-corrected chi connectivity index (χ4v) is 2.38. The lowest BCUT2D eigenvalue weighted by molar-refractivity contribution is -0.137. The first-order valence-corrected chi connectivity index (χ1v) is 7.98. The Balaban J connectivity index is 2.04. The zero-order valence-corrected chi connectivity index (χ0v) is 15.1. The summed E-state index contributed by atoms with van der Waals surface area (Å²) in [6.45, 7) is 1.03. The van der Waals surface area contributed by atoms with Crippen molar-refractivity contribution in [1.29, 1.82) is 0 Å². The van der Waals surface area contributed by atoms with E-state index in [2.05, 4.69) is 5.32 Å². The first-order valence-electron chi connectivity index (χ1n) is 7.60. The molecule has 2 aromatic carbocycles. The van der Waals surface area contributed by atoms with E-state index in [1.807, 2.05) is 0 Å². The van der Waals surface area contributed by atoms with Gasteiger partial charge in [0.1, 0.15) is 5.75 Å². The number of nitrogens with one attached hydrogen (secondary N) is 1. The zero-order valence-electron chi connectivity index (χ0n) is 14.3. The van der Waals surface area contributed by atoms with Crippen LogP contribution in [0.25, 0.3) is 0 Å². The third kappa shape index (κ3) is 5.37. The van der Waals surface area contributed by atoms with Gasteiger partial charge in [-0.2, -0.15) is 13.2 Å². The van der Waals surface area contributed by atoms with E-state index < -0.39 is 35.9 Å². The molecule has 0 bridgehead atoms. The molecule has 2 aromatic rings. The summed E-state index contributed by atoms with van der Waals surface area (Å²) < 4.78 is 49.0. The summed E-state index contributed by atoms with van der Waals surface area (Å²) in [4.78, 5) is 23.9. The maximum absolute atomic E-state index is 13.0. The van der Waals surface area contributed by atoms with Gasteiger partial charge >= 0.3 is 12.1 Å². The van der Waals surface area contributed by atoms with Crippen LogP contribution in [0, 0.1) is 6.92 Å². The number of carbonyl (C=O) groups excluding carboxylic acids is 2. The quantitative estimate of drug-likeness (QED) is 0.751. The maximum atomic E-state index is 13.0. The number of rotatable bonds is 5. The molecule has 2 rings (SSSR count). The predicted molar refractivity (Wildman–Crippen MR) is 93.1 cm³/mol. The first kappa shape index (κ1) is 20.6. The number of benzene rings is 2. The molecule has 0 aromatic heterocycles. The minimum atomic E-state index is -4.71. The summed E-state index contributed by atoms with van der Waals surface area (Å²) in [5.41, 5.74) is -0.634. The van der Waals surface area contributed by atoms with Gasteiger partial charge in [-0.15, -0.1) is 0 Å². The van der Waals surface area contributed by atoms with Gasteiger partial charge in [0.25, 0.3) is 5.91 Å². The monoisotopic (exact) mass is 401 g/mol. The van der Waals surface area contributed by atoms with Gasteiger partial charge in [0.15, 0.2) is 6.61 Å². The highest BCUT2D eigenvalue weighted by molar-refractivity contribution is 6.30. The van der Waals surface area contributed by atoms with Crippen LogP contribution in [0.3, 0.4) is 0 Å². The van der Waals surface area contributed by atoms with Gasteiger partial charge in [-0.1, -0.05) is 17.7 Å². The number of carbonyl (C=O) groups is 2. The molecule has 1 amide bonds. The van der Waals surface area contributed by atoms with Crippen molar-refractivity contribution in [3.05, 3.63) is 58.1 Å². The lowest BCUT2D eigenvalue weighted by Gasteiger charge is -2.14. The predicted octanol–water partition coefficient (Wildman–Crippen LogP) is 4.47. The fourth-order valence-electron chi connectivity index (χ4n) is 2.21. The van der Waals surface area contributed by atoms with Crippen LogP contribution in [0.15, 0.2) is 36.4 Å². The van der Waals surface area contributed by atoms with E-state index in [0.717, 1.165) is 11.6 Å². The van der Waals surface area contributed by atoms with Gasteiger partial charge in [-0.05, 0) is 42.8 Å². The number of anilines is 1. The topological polar surface area (TPSA) is 64.6 Å². The third-order valence-corrected chi connectivity index (χ3v) is 3.77. The molecule has 0 aliphatic heterocycles. The SMILES string of the molecule is COc1cc(C(=O)OCC(=O)Nc2ccc(Cl)cc2C(F)(F)F)ccc1C. The maximum Gasteiger partial charge on any atom is 0.418 e. The minimum absolute atomic E-state index is 0.125. The van der Waals surface area contributed by atoms with Crippen LogP contribution in [-0.2, 0) is 15.7 Å². The molecule has 0 heterocycles. The molecule has 0 fully saturated rings. The molecule has 0 atom stereocenters. The number of alkyl halides is 3. The Bertz CT molecular complexity index is 868. The number of halogens is 4. The molecule has 0 aliphatic rings. The Labute approximate surface area is 158 Å². The van der Waals surface area contributed by atoms with Gasteiger partial charge in [0.05, 0.1) is 23.9 Å². The van der Waals surface area contributed by atoms with Gasteiger partial charge in [-0.3, -0.25) is 4.79 Å². The van der Waals surface area contributed by atoms with Crippen molar-refractivity contribution in [3.8, 4) is 5.75 Å². The van der Waals surface area contributed by atoms with Crippen molar-refractivity contribution < 1.29 is 32.2 Å². The molecule has 144 valence electrons. The second kappa shape index (κ2) is 8.30. The molecule has 1 N–H and O–H groups in total. The smallest absolute Gasteiger partial charge is 0.418 e. The van der Waals surface area contributed by atoms with E-state index >= 15 is 0 Å². The molecule has 9 heteroatoms. The van der Waals surface area contributed by atoms with Gasteiger partial charge < -0.3 is 14.8 Å². The van der Waals surface area contributed by atoms with Crippen LogP contribution in [0.5, 0.6) is 5.75 Å². The lowest BCUT2D eigenvalue weighted by Crippen LogP contribution is -2.22. The van der Waals surface area contributed by atoms with Gasteiger partial charge in [0.2, 0.25) is 0 Å². The van der Waals surface area contributed by atoms with E-state index in [0.29, 0.717) is 11.8 Å². The summed E-state index contributed by atoms with van der Waals surface area (Å²) in [6, 6.07) is 7.49. The number of hydrogen-bond donors (Lipinski definition) is 1. The Morgan fingerprint density at radius 2 is 1.85 bits per heavy atom. The number of hydrogen-bond acceptors (Lipinski definition) is 4. The molecular formula is C18H15ClF3NO4. The third-order valence-electron chi connectivity index (χ3n) is 3.54. The Morgan fingerprint density at radius 3 is 2.48 bits per heavy atom. The van der Waals surface area contributed by atoms with Gasteiger partial charge in [-0.25, -0.2) is 4.79 Å². The molecule has 0 saturated heterocycles. The Hall–Kier alpha value is -2.74. The number of esters is 1. The zero-order chi connectivity index (χ0) is 20.2. The molecule has 27 heavy (non-hydrogen) atoms. The van der Waals surface area contributed by atoms with Crippen molar-refractivity contribution in [2.75, 3.05) is 19.0 Å². The highest BCUT2D eigenvalue weighted by Crippen LogP contribution is 2.36. The normalized spacial score (nSPS) is 11.0. The van der Waals surface area contributed by atoms with E-state index in [9.17, 15) is 22.8 Å². The van der Waals surface area contributed by atoms with E-state index in [1.54, 1.807) is 13.0 Å². The number of methoxy groups -OCH3 is 1. The Morgan fingerprint density at radius 1 is 1.15 bits per heavy atom. The number of amides is 1. The number of ether oxygens (including phenoxy) is 2. The lowest BCUT2D eigenvalue weighted by atomic mass is 10.1. The number of aryl methyl sites for hydroxylation is 1. The summed E-state index contributed by atoms with van der Waals surface area (Å²) in [7, 11) is 1.44. The molecule has 5 nitrogen and oxygen atoms in total. The van der Waals surface area contributed by atoms with Crippen LogP contribution < -0.4 is 10.1 Å². The summed E-state index contributed by atoms with van der Waals surface area (Å²) in [6.07, 6.45) is -4.71. The molecule has 0 radical (unpaired) electrons. The minimum Gasteiger partial charge on any atom is -0.496 e. The molecular weight excluding hydrogens is 387 g/mol. The first-order chi connectivity index (χ1) is 12.6. The van der Waals surface area contributed by atoms with E-state index in [-0.39, 0.29) is 10.6 Å². The van der Waals surface area contributed by atoms with E-state index in [1.165, 1.54) is 25.3 Å². The molecule has 0 spiro atoms. The largest absolute Gasteiger partial charge is 0.496 e. The van der Waals surface area contributed by atoms with Crippen LogP contribution in [0.4, 0.5) is 18.9 Å².